The van der Waals surface area contributed by atoms with Crippen LogP contribution < -0.4 is 14.4 Å². The second-order valence-electron chi connectivity index (χ2n) is 8.84. The molecule has 0 fully saturated rings. The largest absolute Gasteiger partial charge is 0.495 e. The number of nitrogens with zero attached hydrogens (tertiary/aromatic N) is 2. The summed E-state index contributed by atoms with van der Waals surface area (Å²) in [5, 5.41) is 2.95. The van der Waals surface area contributed by atoms with Crippen LogP contribution in [0.3, 0.4) is 0 Å². The average Bonchev–Trinajstić information content (AvgIpc) is 2.90. The van der Waals surface area contributed by atoms with Crippen LogP contribution >= 0.6 is 11.6 Å². The third-order valence-electron chi connectivity index (χ3n) is 5.99. The van der Waals surface area contributed by atoms with Crippen molar-refractivity contribution in [2.45, 2.75) is 25.9 Å². The van der Waals surface area contributed by atoms with Crippen LogP contribution in [0, 0.1) is 5.82 Å². The van der Waals surface area contributed by atoms with Crippen molar-refractivity contribution in [2.24, 2.45) is 0 Å². The highest BCUT2D eigenvalue weighted by Crippen LogP contribution is 2.30. The third kappa shape index (κ3) is 8.18. The first-order valence-electron chi connectivity index (χ1n) is 12.2. The lowest BCUT2D eigenvalue weighted by Gasteiger charge is -2.33. The van der Waals surface area contributed by atoms with E-state index in [0.717, 1.165) is 16.1 Å². The molecule has 0 saturated carbocycles. The second-order valence-corrected chi connectivity index (χ2v) is 11.2. The quantitative estimate of drug-likeness (QED) is 0.352. The van der Waals surface area contributed by atoms with Crippen LogP contribution in [0.15, 0.2) is 72.8 Å². The first kappa shape index (κ1) is 29.9. The van der Waals surface area contributed by atoms with Gasteiger partial charge in [-0.25, -0.2) is 12.8 Å². The van der Waals surface area contributed by atoms with Gasteiger partial charge in [-0.3, -0.25) is 13.9 Å². The summed E-state index contributed by atoms with van der Waals surface area (Å²) in [7, 11) is -2.51. The molecule has 0 spiro atoms. The zero-order chi connectivity index (χ0) is 28.6. The topological polar surface area (TPSA) is 96.0 Å². The van der Waals surface area contributed by atoms with Crippen molar-refractivity contribution in [1.82, 2.24) is 10.2 Å². The molecule has 11 heteroatoms. The van der Waals surface area contributed by atoms with E-state index in [4.69, 9.17) is 16.3 Å². The van der Waals surface area contributed by atoms with Gasteiger partial charge in [0.25, 0.3) is 0 Å². The summed E-state index contributed by atoms with van der Waals surface area (Å²) in [4.78, 5) is 28.5. The molecule has 208 valence electrons. The van der Waals surface area contributed by atoms with Gasteiger partial charge in [0, 0.05) is 19.5 Å². The van der Waals surface area contributed by atoms with Gasteiger partial charge < -0.3 is 15.0 Å². The number of likely N-dealkylation sites (N-methyl/N-ethyl adjacent to an activating group) is 1. The molecule has 0 heterocycles. The third-order valence-corrected chi connectivity index (χ3v) is 7.43. The van der Waals surface area contributed by atoms with Crippen LogP contribution in [-0.4, -0.2) is 57.6 Å². The van der Waals surface area contributed by atoms with E-state index in [-0.39, 0.29) is 23.7 Å². The van der Waals surface area contributed by atoms with E-state index in [1.807, 2.05) is 30.3 Å². The minimum absolute atomic E-state index is 0.0469. The molecule has 1 unspecified atom stereocenters. The van der Waals surface area contributed by atoms with Crippen molar-refractivity contribution >= 4 is 39.1 Å². The Morgan fingerprint density at radius 3 is 2.26 bits per heavy atom. The van der Waals surface area contributed by atoms with E-state index in [1.165, 1.54) is 54.5 Å². The Hall–Kier alpha value is -3.63. The predicted molar refractivity (Wildman–Crippen MR) is 150 cm³/mol. The number of sulfonamides is 1. The first-order valence-corrected chi connectivity index (χ1v) is 14.4. The van der Waals surface area contributed by atoms with Crippen LogP contribution in [0.2, 0.25) is 5.02 Å². The minimum atomic E-state index is -3.94. The number of anilines is 1. The number of amides is 2. The van der Waals surface area contributed by atoms with Crippen molar-refractivity contribution in [3.63, 3.8) is 0 Å². The van der Waals surface area contributed by atoms with Gasteiger partial charge in [-0.15, -0.1) is 0 Å². The van der Waals surface area contributed by atoms with Gasteiger partial charge in [0.2, 0.25) is 21.8 Å². The summed E-state index contributed by atoms with van der Waals surface area (Å²) in [6.07, 6.45) is 1.17. The minimum Gasteiger partial charge on any atom is -0.495 e. The highest BCUT2D eigenvalue weighted by Gasteiger charge is 2.33. The molecule has 0 saturated heterocycles. The molecule has 1 atom stereocenters. The number of rotatable bonds is 12. The molecular formula is C28H31ClFN3O5S. The van der Waals surface area contributed by atoms with Gasteiger partial charge >= 0.3 is 0 Å². The fourth-order valence-electron chi connectivity index (χ4n) is 4.06. The zero-order valence-electron chi connectivity index (χ0n) is 21.9. The van der Waals surface area contributed by atoms with Gasteiger partial charge in [-0.1, -0.05) is 54.1 Å². The van der Waals surface area contributed by atoms with E-state index >= 15 is 0 Å². The SMILES string of the molecule is CCNC(=O)C(Cc1ccccc1)N(Cc1ccc(F)cc1)C(=O)CN(c1ccc(OC)c(Cl)c1)S(C)(=O)=O. The number of benzene rings is 3. The number of hydrogen-bond donors (Lipinski definition) is 1. The van der Waals surface area contributed by atoms with Gasteiger partial charge in [-0.2, -0.15) is 0 Å². The fourth-order valence-corrected chi connectivity index (χ4v) is 5.15. The molecule has 0 radical (unpaired) electrons. The van der Waals surface area contributed by atoms with E-state index in [1.54, 1.807) is 6.92 Å². The number of ether oxygens (including phenoxy) is 1. The number of carbonyl (C=O) groups excluding carboxylic acids is 2. The highest BCUT2D eigenvalue weighted by atomic mass is 35.5. The Balaban J connectivity index is 2.04. The maximum atomic E-state index is 13.9. The van der Waals surface area contributed by atoms with Crippen LogP contribution in [0.5, 0.6) is 5.75 Å². The summed E-state index contributed by atoms with van der Waals surface area (Å²) in [6.45, 7) is 1.47. The van der Waals surface area contributed by atoms with E-state index in [2.05, 4.69) is 5.32 Å². The summed E-state index contributed by atoms with van der Waals surface area (Å²) < 4.78 is 45.3. The molecule has 0 bridgehead atoms. The van der Waals surface area contributed by atoms with Crippen molar-refractivity contribution in [1.29, 1.82) is 0 Å². The zero-order valence-corrected chi connectivity index (χ0v) is 23.5. The molecule has 3 aromatic rings. The molecular weight excluding hydrogens is 545 g/mol. The molecule has 0 aliphatic heterocycles. The van der Waals surface area contributed by atoms with Crippen LogP contribution in [0.4, 0.5) is 10.1 Å². The Morgan fingerprint density at radius 1 is 1.03 bits per heavy atom. The van der Waals surface area contributed by atoms with E-state index in [9.17, 15) is 22.4 Å². The summed E-state index contributed by atoms with van der Waals surface area (Å²) in [6, 6.07) is 18.2. The Labute approximate surface area is 233 Å². The summed E-state index contributed by atoms with van der Waals surface area (Å²) in [5.74, 6) is -1.11. The first-order chi connectivity index (χ1) is 18.5. The molecule has 39 heavy (non-hydrogen) atoms. The van der Waals surface area contributed by atoms with Gasteiger partial charge in [-0.05, 0) is 48.4 Å². The van der Waals surface area contributed by atoms with E-state index in [0.29, 0.717) is 17.9 Å². The second kappa shape index (κ2) is 13.4. The molecule has 3 rings (SSSR count). The van der Waals surface area contributed by atoms with Crippen molar-refractivity contribution < 1.29 is 27.1 Å². The molecule has 1 N–H and O–H groups in total. The highest BCUT2D eigenvalue weighted by molar-refractivity contribution is 7.92. The predicted octanol–water partition coefficient (Wildman–Crippen LogP) is 4.03. The lowest BCUT2D eigenvalue weighted by Crippen LogP contribution is -2.53. The van der Waals surface area contributed by atoms with Crippen LogP contribution in [-0.2, 0) is 32.6 Å². The lowest BCUT2D eigenvalue weighted by atomic mass is 10.0. The summed E-state index contributed by atoms with van der Waals surface area (Å²) in [5.41, 5.74) is 1.55. The molecule has 3 aromatic carbocycles. The molecule has 0 aromatic heterocycles. The Bertz CT molecular complexity index is 1390. The van der Waals surface area contributed by atoms with Crippen molar-refractivity contribution in [3.05, 3.63) is 94.8 Å². The monoisotopic (exact) mass is 575 g/mol. The number of methoxy groups -OCH3 is 1. The van der Waals surface area contributed by atoms with Crippen molar-refractivity contribution in [3.8, 4) is 5.75 Å². The Morgan fingerprint density at radius 2 is 1.69 bits per heavy atom. The number of halogens is 2. The van der Waals surface area contributed by atoms with E-state index < -0.39 is 40.2 Å². The van der Waals surface area contributed by atoms with Gasteiger partial charge in [0.05, 0.1) is 24.1 Å². The molecule has 0 aliphatic carbocycles. The maximum Gasteiger partial charge on any atom is 0.244 e. The average molecular weight is 576 g/mol. The standard InChI is InChI=1S/C28H31ClFN3O5S/c1-4-31-28(35)25(16-20-8-6-5-7-9-20)32(18-21-10-12-22(30)13-11-21)27(34)19-33(39(3,36)37)23-14-15-26(38-2)24(29)17-23/h5-15,17,25H,4,16,18-19H2,1-3H3,(H,31,35). The number of hydrogen-bond acceptors (Lipinski definition) is 5. The molecule has 8 nitrogen and oxygen atoms in total. The van der Waals surface area contributed by atoms with Crippen LogP contribution in [0.1, 0.15) is 18.1 Å². The molecule has 0 aliphatic rings. The lowest BCUT2D eigenvalue weighted by molar-refractivity contribution is -0.140. The fraction of sp³-hybridized carbons (Fsp3) is 0.286. The molecule has 2 amide bonds. The summed E-state index contributed by atoms with van der Waals surface area (Å²) >= 11 is 6.23. The van der Waals surface area contributed by atoms with Crippen molar-refractivity contribution in [2.75, 3.05) is 30.8 Å². The van der Waals surface area contributed by atoms with Crippen LogP contribution in [0.25, 0.3) is 0 Å². The van der Waals surface area contributed by atoms with Gasteiger partial charge in [0.1, 0.15) is 24.2 Å². The number of carbonyl (C=O) groups is 2. The smallest absolute Gasteiger partial charge is 0.244 e. The maximum absolute atomic E-state index is 13.9. The number of nitrogens with one attached hydrogen (secondary N) is 1. The van der Waals surface area contributed by atoms with Gasteiger partial charge in [0.15, 0.2) is 0 Å². The Kier molecular flexibility index (Phi) is 10.3. The normalized spacial score (nSPS) is 11.9.